The van der Waals surface area contributed by atoms with Gasteiger partial charge in [0.15, 0.2) is 0 Å². The number of hydrogen-bond donors (Lipinski definition) is 3. The zero-order valence-electron chi connectivity index (χ0n) is 19.1. The first-order chi connectivity index (χ1) is 16.4. The molecule has 1 aromatic carbocycles. The maximum absolute atomic E-state index is 13.0. The summed E-state index contributed by atoms with van der Waals surface area (Å²) in [6.07, 6.45) is 0.410. The van der Waals surface area contributed by atoms with Crippen molar-refractivity contribution in [3.63, 3.8) is 0 Å². The zero-order chi connectivity index (χ0) is 25.4. The molecular formula is C24H25F3N4O3S. The van der Waals surface area contributed by atoms with Crippen molar-refractivity contribution in [3.8, 4) is 10.4 Å². The molecule has 186 valence electrons. The van der Waals surface area contributed by atoms with Crippen LogP contribution in [0.25, 0.3) is 10.4 Å². The van der Waals surface area contributed by atoms with E-state index in [2.05, 4.69) is 20.3 Å². The van der Waals surface area contributed by atoms with E-state index in [0.717, 1.165) is 28.3 Å². The zero-order valence-corrected chi connectivity index (χ0v) is 20.0. The highest BCUT2D eigenvalue weighted by atomic mass is 32.1. The normalized spacial score (nSPS) is 20.3. The highest BCUT2D eigenvalue weighted by Gasteiger charge is 2.40. The Hall–Kier alpha value is -3.05. The molecule has 1 aliphatic carbocycles. The molecule has 0 unspecified atom stereocenters. The monoisotopic (exact) mass is 506 g/mol. The fraction of sp³-hybridized carbons (Fsp3) is 0.417. The lowest BCUT2D eigenvalue weighted by molar-refractivity contribution is -0.144. The largest absolute Gasteiger partial charge is 0.481 e. The Morgan fingerprint density at radius 1 is 1.14 bits per heavy atom. The number of alkyl halides is 3. The number of benzene rings is 1. The van der Waals surface area contributed by atoms with E-state index >= 15 is 0 Å². The van der Waals surface area contributed by atoms with Crippen molar-refractivity contribution in [3.05, 3.63) is 52.9 Å². The van der Waals surface area contributed by atoms with Crippen molar-refractivity contribution >= 4 is 28.9 Å². The number of nitrogens with zero attached hydrogens (tertiary/aromatic N) is 3. The molecule has 0 saturated heterocycles. The number of rotatable bonds is 6. The summed E-state index contributed by atoms with van der Waals surface area (Å²) in [5, 5.41) is 23.9. The number of nitrogens with one attached hydrogen (secondary N) is 1. The van der Waals surface area contributed by atoms with Crippen LogP contribution in [0.1, 0.15) is 48.9 Å². The molecule has 1 saturated carbocycles. The molecule has 0 bridgehead atoms. The number of thiazole rings is 1. The van der Waals surface area contributed by atoms with Crippen LogP contribution in [0.15, 0.2) is 36.7 Å². The van der Waals surface area contributed by atoms with Gasteiger partial charge in [-0.3, -0.25) is 4.79 Å². The number of aliphatic carboxylic acids is 1. The summed E-state index contributed by atoms with van der Waals surface area (Å²) < 4.78 is 38.9. The van der Waals surface area contributed by atoms with Gasteiger partial charge in [-0.15, -0.1) is 11.3 Å². The Morgan fingerprint density at radius 3 is 2.51 bits per heavy atom. The SMILES string of the molecule is Cc1cc(Nc2nccc(C(F)(F)F)n2)cc(-c2cnc([C@](C)(O)C3CCC(C(=O)O)CC3)s2)c1. The van der Waals surface area contributed by atoms with Crippen LogP contribution in [0.2, 0.25) is 0 Å². The molecule has 1 fully saturated rings. The maximum Gasteiger partial charge on any atom is 0.433 e. The Labute approximate surface area is 204 Å². The molecule has 3 N–H and O–H groups in total. The molecule has 1 aliphatic rings. The number of aromatic nitrogens is 3. The van der Waals surface area contributed by atoms with Crippen molar-refractivity contribution in [2.75, 3.05) is 5.32 Å². The van der Waals surface area contributed by atoms with E-state index in [1.807, 2.05) is 13.0 Å². The van der Waals surface area contributed by atoms with Crippen LogP contribution in [-0.2, 0) is 16.6 Å². The van der Waals surface area contributed by atoms with Crippen molar-refractivity contribution in [1.82, 2.24) is 15.0 Å². The van der Waals surface area contributed by atoms with Crippen LogP contribution >= 0.6 is 11.3 Å². The van der Waals surface area contributed by atoms with Gasteiger partial charge in [-0.1, -0.05) is 6.07 Å². The van der Waals surface area contributed by atoms with Gasteiger partial charge < -0.3 is 15.5 Å². The Kier molecular flexibility index (Phi) is 6.83. The highest BCUT2D eigenvalue weighted by Crippen LogP contribution is 2.43. The molecule has 35 heavy (non-hydrogen) atoms. The molecule has 0 radical (unpaired) electrons. The summed E-state index contributed by atoms with van der Waals surface area (Å²) in [7, 11) is 0. The number of halogens is 3. The first-order valence-electron chi connectivity index (χ1n) is 11.1. The fourth-order valence-corrected chi connectivity index (χ4v) is 5.45. The molecule has 2 aromatic heterocycles. The maximum atomic E-state index is 13.0. The molecule has 1 atom stereocenters. The molecule has 3 aromatic rings. The average Bonchev–Trinajstić information content (AvgIpc) is 3.30. The first-order valence-corrected chi connectivity index (χ1v) is 12.0. The topological polar surface area (TPSA) is 108 Å². The third-order valence-corrected chi connectivity index (χ3v) is 7.65. The van der Waals surface area contributed by atoms with Crippen molar-refractivity contribution in [2.45, 2.75) is 51.3 Å². The minimum absolute atomic E-state index is 0.0927. The Morgan fingerprint density at radius 2 is 1.86 bits per heavy atom. The molecule has 2 heterocycles. The Bertz CT molecular complexity index is 1220. The lowest BCUT2D eigenvalue weighted by Crippen LogP contribution is -2.35. The number of anilines is 2. The van der Waals surface area contributed by atoms with Crippen molar-refractivity contribution in [2.24, 2.45) is 11.8 Å². The van der Waals surface area contributed by atoms with Gasteiger partial charge in [0.1, 0.15) is 16.3 Å². The smallest absolute Gasteiger partial charge is 0.433 e. The van der Waals surface area contributed by atoms with Crippen LogP contribution in [0.5, 0.6) is 0 Å². The van der Waals surface area contributed by atoms with Gasteiger partial charge in [0, 0.05) is 18.1 Å². The van der Waals surface area contributed by atoms with Crippen LogP contribution in [0.4, 0.5) is 24.8 Å². The van der Waals surface area contributed by atoms with Crippen LogP contribution in [-0.4, -0.2) is 31.1 Å². The first kappa shape index (κ1) is 25.1. The number of hydrogen-bond acceptors (Lipinski definition) is 7. The van der Waals surface area contributed by atoms with Crippen LogP contribution in [0.3, 0.4) is 0 Å². The number of carboxylic acid groups (broad SMARTS) is 1. The summed E-state index contributed by atoms with van der Waals surface area (Å²) >= 11 is 1.34. The molecule has 11 heteroatoms. The number of aliphatic hydroxyl groups is 1. The molecule has 7 nitrogen and oxygen atoms in total. The van der Waals surface area contributed by atoms with Gasteiger partial charge in [-0.25, -0.2) is 15.0 Å². The molecule has 0 spiro atoms. The highest BCUT2D eigenvalue weighted by molar-refractivity contribution is 7.15. The standard InChI is InChI=1S/C24H25F3N4O3S/c1-13-9-15(11-17(10-13)30-22-28-8-7-19(31-22)24(25,26)27)18-12-29-21(35-18)23(2,34)16-5-3-14(4-6-16)20(32)33/h7-12,14,16,34H,3-6H2,1-2H3,(H,32,33)(H,28,30,31)/t14?,16?,23-/m1/s1. The molecule has 4 rings (SSSR count). The van der Waals surface area contributed by atoms with Gasteiger partial charge >= 0.3 is 12.1 Å². The van der Waals surface area contributed by atoms with Crippen molar-refractivity contribution in [1.29, 1.82) is 0 Å². The van der Waals surface area contributed by atoms with Gasteiger partial charge in [0.05, 0.1) is 10.8 Å². The number of carboxylic acids is 1. The van der Waals surface area contributed by atoms with Gasteiger partial charge in [0.25, 0.3) is 0 Å². The van der Waals surface area contributed by atoms with E-state index < -0.39 is 23.4 Å². The molecule has 0 aliphatic heterocycles. The second-order valence-corrected chi connectivity index (χ2v) is 10.1. The van der Waals surface area contributed by atoms with Gasteiger partial charge in [-0.05, 0) is 74.8 Å². The van der Waals surface area contributed by atoms with Crippen LogP contribution in [0, 0.1) is 18.8 Å². The minimum Gasteiger partial charge on any atom is -0.481 e. The third-order valence-electron chi connectivity index (χ3n) is 6.37. The summed E-state index contributed by atoms with van der Waals surface area (Å²) in [6, 6.07) is 6.26. The predicted octanol–water partition coefficient (Wildman–Crippen LogP) is 5.77. The predicted molar refractivity (Wildman–Crippen MR) is 125 cm³/mol. The van der Waals surface area contributed by atoms with E-state index in [4.69, 9.17) is 0 Å². The quantitative estimate of drug-likeness (QED) is 0.390. The van der Waals surface area contributed by atoms with Crippen molar-refractivity contribution < 1.29 is 28.2 Å². The van der Waals surface area contributed by atoms with Gasteiger partial charge in [-0.2, -0.15) is 13.2 Å². The Balaban J connectivity index is 1.54. The summed E-state index contributed by atoms with van der Waals surface area (Å²) in [4.78, 5) is 23.9. The summed E-state index contributed by atoms with van der Waals surface area (Å²) in [5.74, 6) is -1.42. The third kappa shape index (κ3) is 5.62. The van der Waals surface area contributed by atoms with E-state index in [9.17, 15) is 28.2 Å². The molecule has 0 amide bonds. The fourth-order valence-electron chi connectivity index (χ4n) is 4.42. The second-order valence-electron chi connectivity index (χ2n) is 9.04. The lowest BCUT2D eigenvalue weighted by Gasteiger charge is -2.35. The number of aryl methyl sites for hydroxylation is 1. The summed E-state index contributed by atoms with van der Waals surface area (Å²) in [5.41, 5.74) is -0.0506. The lowest BCUT2D eigenvalue weighted by atomic mass is 9.74. The van der Waals surface area contributed by atoms with E-state index in [-0.39, 0.29) is 17.8 Å². The average molecular weight is 507 g/mol. The summed E-state index contributed by atoms with van der Waals surface area (Å²) in [6.45, 7) is 3.58. The second kappa shape index (κ2) is 9.54. The number of carbonyl (C=O) groups is 1. The van der Waals surface area contributed by atoms with Gasteiger partial charge in [0.2, 0.25) is 5.95 Å². The van der Waals surface area contributed by atoms with E-state index in [0.29, 0.717) is 36.4 Å². The minimum atomic E-state index is -4.57. The van der Waals surface area contributed by atoms with Crippen LogP contribution < -0.4 is 5.32 Å². The van der Waals surface area contributed by atoms with E-state index in [1.165, 1.54) is 11.3 Å². The van der Waals surface area contributed by atoms with E-state index in [1.54, 1.807) is 25.3 Å². The molecular weight excluding hydrogens is 481 g/mol.